The second-order valence-electron chi connectivity index (χ2n) is 11.2. The first-order valence-electron chi connectivity index (χ1n) is 14.6. The predicted octanol–water partition coefficient (Wildman–Crippen LogP) is 5.06. The maximum absolute atomic E-state index is 13.5. The lowest BCUT2D eigenvalue weighted by atomic mass is 10.0. The Morgan fingerprint density at radius 3 is 1.73 bits per heavy atom. The minimum absolute atomic E-state index is 0.0175. The molecule has 0 aromatic heterocycles. The lowest BCUT2D eigenvalue weighted by Crippen LogP contribution is -2.52. The van der Waals surface area contributed by atoms with Crippen LogP contribution in [0.5, 0.6) is 0 Å². The topological polar surface area (TPSA) is 132 Å². The van der Waals surface area contributed by atoms with Crippen LogP contribution in [0.15, 0.2) is 91.0 Å². The monoisotopic (exact) mass is 603 g/mol. The van der Waals surface area contributed by atoms with Gasteiger partial charge in [0.05, 0.1) is 0 Å². The van der Waals surface area contributed by atoms with Gasteiger partial charge in [-0.1, -0.05) is 91.0 Å². The van der Waals surface area contributed by atoms with E-state index in [1.807, 2.05) is 91.0 Å². The molecule has 3 aromatic carbocycles. The van der Waals surface area contributed by atoms with E-state index in [-0.39, 0.29) is 32.6 Å². The van der Waals surface area contributed by atoms with Crippen molar-refractivity contribution in [3.05, 3.63) is 108 Å². The van der Waals surface area contributed by atoms with E-state index in [1.54, 1.807) is 20.8 Å². The number of hydrogen-bond donors (Lipinski definition) is 3. The molecule has 0 aliphatic carbocycles. The molecule has 0 bridgehead atoms. The second kappa shape index (κ2) is 17.3. The molecule has 10 heteroatoms. The Kier molecular flexibility index (Phi) is 13.2. The van der Waals surface area contributed by atoms with Crippen molar-refractivity contribution < 1.29 is 33.4 Å². The van der Waals surface area contributed by atoms with Crippen LogP contribution >= 0.6 is 0 Å². The van der Waals surface area contributed by atoms with Crippen molar-refractivity contribution in [3.63, 3.8) is 0 Å². The number of carbonyl (C=O) groups is 4. The van der Waals surface area contributed by atoms with Crippen LogP contribution < -0.4 is 16.0 Å². The average molecular weight is 604 g/mol. The molecule has 44 heavy (non-hydrogen) atoms. The summed E-state index contributed by atoms with van der Waals surface area (Å²) in [4.78, 5) is 51.5. The third kappa shape index (κ3) is 13.0. The van der Waals surface area contributed by atoms with E-state index in [0.29, 0.717) is 6.42 Å². The molecule has 0 fully saturated rings. The van der Waals surface area contributed by atoms with Crippen LogP contribution in [0.1, 0.15) is 50.3 Å². The highest BCUT2D eigenvalue weighted by atomic mass is 16.6. The largest absolute Gasteiger partial charge is 0.459 e. The summed E-state index contributed by atoms with van der Waals surface area (Å²) in [7, 11) is 0. The fourth-order valence-corrected chi connectivity index (χ4v) is 4.13. The summed E-state index contributed by atoms with van der Waals surface area (Å²) in [5.41, 5.74) is 1.76. The van der Waals surface area contributed by atoms with Crippen LogP contribution in [0.3, 0.4) is 0 Å². The first-order valence-corrected chi connectivity index (χ1v) is 14.6. The van der Waals surface area contributed by atoms with Gasteiger partial charge < -0.3 is 30.2 Å². The third-order valence-electron chi connectivity index (χ3n) is 6.27. The van der Waals surface area contributed by atoms with E-state index in [9.17, 15) is 19.2 Å². The molecule has 0 saturated carbocycles. The van der Waals surface area contributed by atoms with E-state index < -0.39 is 41.7 Å². The first kappa shape index (κ1) is 33.6. The molecule has 10 nitrogen and oxygen atoms in total. The molecule has 0 aliphatic heterocycles. The Bertz CT molecular complexity index is 1330. The number of esters is 1. The van der Waals surface area contributed by atoms with Gasteiger partial charge in [-0.2, -0.15) is 0 Å². The van der Waals surface area contributed by atoms with Crippen molar-refractivity contribution in [2.45, 2.75) is 70.9 Å². The summed E-state index contributed by atoms with van der Waals surface area (Å²) < 4.78 is 16.1. The molecule has 0 spiro atoms. The van der Waals surface area contributed by atoms with Crippen LogP contribution in [0, 0.1) is 0 Å². The molecule has 0 saturated heterocycles. The van der Waals surface area contributed by atoms with E-state index in [1.165, 1.54) is 0 Å². The van der Waals surface area contributed by atoms with Gasteiger partial charge in [-0.15, -0.1) is 0 Å². The van der Waals surface area contributed by atoms with Gasteiger partial charge in [0.2, 0.25) is 5.91 Å². The molecular weight excluding hydrogens is 562 g/mol. The zero-order chi connectivity index (χ0) is 31.8. The SMILES string of the molecule is CC(C)(C)OC(=O)NCCCC(NC(=O)OCc1ccccc1)C(=O)NC(Cc1ccccc1)C(=O)OCc1ccccc1. The van der Waals surface area contributed by atoms with Gasteiger partial charge in [0.25, 0.3) is 0 Å². The summed E-state index contributed by atoms with van der Waals surface area (Å²) >= 11 is 0. The average Bonchev–Trinajstić information content (AvgIpc) is 3.00. The Hall–Kier alpha value is -4.86. The Labute approximate surface area is 258 Å². The van der Waals surface area contributed by atoms with Crippen LogP contribution in [-0.4, -0.2) is 48.3 Å². The minimum Gasteiger partial charge on any atom is -0.459 e. The van der Waals surface area contributed by atoms with Crippen molar-refractivity contribution in [3.8, 4) is 0 Å². The zero-order valence-corrected chi connectivity index (χ0v) is 25.4. The maximum atomic E-state index is 13.5. The van der Waals surface area contributed by atoms with Gasteiger partial charge in [-0.25, -0.2) is 14.4 Å². The predicted molar refractivity (Wildman–Crippen MR) is 165 cm³/mol. The van der Waals surface area contributed by atoms with Gasteiger partial charge in [0.1, 0.15) is 30.9 Å². The fraction of sp³-hybridized carbons (Fsp3) is 0.353. The van der Waals surface area contributed by atoms with Crippen LogP contribution in [0.2, 0.25) is 0 Å². The molecule has 0 radical (unpaired) electrons. The van der Waals surface area contributed by atoms with Crippen LogP contribution in [0.25, 0.3) is 0 Å². The molecule has 3 N–H and O–H groups in total. The minimum atomic E-state index is -1.06. The Morgan fingerprint density at radius 1 is 0.659 bits per heavy atom. The highest BCUT2D eigenvalue weighted by molar-refractivity contribution is 5.89. The van der Waals surface area contributed by atoms with Gasteiger partial charge in [-0.3, -0.25) is 4.79 Å². The number of alkyl carbamates (subject to hydrolysis) is 2. The van der Waals surface area contributed by atoms with Crippen molar-refractivity contribution in [1.29, 1.82) is 0 Å². The summed E-state index contributed by atoms with van der Waals surface area (Å²) in [6.45, 7) is 5.54. The standard InChI is InChI=1S/C34H41N3O7/c1-34(2,3)44-32(40)35-21-13-20-28(37-33(41)43-24-27-18-11-6-12-19-27)30(38)36-29(22-25-14-7-4-8-15-25)31(39)42-23-26-16-9-5-10-17-26/h4-12,14-19,28-29H,13,20-24H2,1-3H3,(H,35,40)(H,36,38)(H,37,41). The third-order valence-corrected chi connectivity index (χ3v) is 6.27. The van der Waals surface area contributed by atoms with Crippen molar-refractivity contribution in [1.82, 2.24) is 16.0 Å². The quantitative estimate of drug-likeness (QED) is 0.133. The molecule has 234 valence electrons. The molecule has 2 atom stereocenters. The maximum Gasteiger partial charge on any atom is 0.408 e. The number of nitrogens with one attached hydrogen (secondary N) is 3. The molecule has 3 aromatic rings. The van der Waals surface area contributed by atoms with E-state index in [2.05, 4.69) is 16.0 Å². The summed E-state index contributed by atoms with van der Waals surface area (Å²) in [5.74, 6) is -1.19. The summed E-state index contributed by atoms with van der Waals surface area (Å²) in [6.07, 6.45) is -0.707. The lowest BCUT2D eigenvalue weighted by Gasteiger charge is -2.23. The normalized spacial score (nSPS) is 12.2. The number of hydrogen-bond acceptors (Lipinski definition) is 7. The molecule has 0 heterocycles. The first-order chi connectivity index (χ1) is 21.1. The van der Waals surface area contributed by atoms with E-state index in [0.717, 1.165) is 16.7 Å². The summed E-state index contributed by atoms with van der Waals surface area (Å²) in [5, 5.41) is 8.02. The van der Waals surface area contributed by atoms with Crippen molar-refractivity contribution >= 4 is 24.1 Å². The number of carbonyl (C=O) groups excluding carboxylic acids is 4. The van der Waals surface area contributed by atoms with Crippen LogP contribution in [-0.2, 0) is 43.4 Å². The van der Waals surface area contributed by atoms with Crippen LogP contribution in [0.4, 0.5) is 9.59 Å². The number of benzene rings is 3. The van der Waals surface area contributed by atoms with Gasteiger partial charge in [-0.05, 0) is 50.3 Å². The molecule has 2 unspecified atom stereocenters. The van der Waals surface area contributed by atoms with Gasteiger partial charge in [0.15, 0.2) is 0 Å². The Balaban J connectivity index is 1.68. The highest BCUT2D eigenvalue weighted by Gasteiger charge is 2.28. The number of rotatable bonds is 14. The Morgan fingerprint density at radius 2 is 1.18 bits per heavy atom. The summed E-state index contributed by atoms with van der Waals surface area (Å²) in [6, 6.07) is 25.5. The van der Waals surface area contributed by atoms with Crippen molar-refractivity contribution in [2.24, 2.45) is 0 Å². The van der Waals surface area contributed by atoms with E-state index in [4.69, 9.17) is 14.2 Å². The molecule has 0 aliphatic rings. The molecule has 3 rings (SSSR count). The zero-order valence-electron chi connectivity index (χ0n) is 25.4. The second-order valence-corrected chi connectivity index (χ2v) is 11.2. The number of ether oxygens (including phenoxy) is 3. The van der Waals surface area contributed by atoms with Gasteiger partial charge in [0, 0.05) is 13.0 Å². The fourth-order valence-electron chi connectivity index (χ4n) is 4.13. The smallest absolute Gasteiger partial charge is 0.408 e. The molecular formula is C34H41N3O7. The van der Waals surface area contributed by atoms with E-state index >= 15 is 0 Å². The van der Waals surface area contributed by atoms with Gasteiger partial charge >= 0.3 is 18.2 Å². The number of amides is 3. The highest BCUT2D eigenvalue weighted by Crippen LogP contribution is 2.10. The van der Waals surface area contributed by atoms with Crippen molar-refractivity contribution in [2.75, 3.05) is 6.54 Å². The lowest BCUT2D eigenvalue weighted by molar-refractivity contribution is -0.149. The molecule has 3 amide bonds.